The lowest BCUT2D eigenvalue weighted by atomic mass is 9.63. The number of amides is 2. The maximum Gasteiger partial charge on any atom is 0.288 e. The molecule has 2 bridgehead atoms. The van der Waals surface area contributed by atoms with Crippen LogP contribution in [-0.4, -0.2) is 28.0 Å². The molecule has 156 valence electrons. The average Bonchev–Trinajstić information content (AvgIpc) is 3.39. The number of allylic oxidation sites excluding steroid dienone is 2. The molecule has 2 aromatic rings. The molecule has 9 heteroatoms. The second kappa shape index (κ2) is 6.37. The molecule has 6 atom stereocenters. The molecule has 7 rings (SSSR count). The van der Waals surface area contributed by atoms with Crippen LogP contribution in [0.25, 0.3) is 11.3 Å². The summed E-state index contributed by atoms with van der Waals surface area (Å²) >= 11 is 5.85. The molecule has 4 aliphatic carbocycles. The zero-order valence-electron chi connectivity index (χ0n) is 16.1. The lowest BCUT2D eigenvalue weighted by Gasteiger charge is -2.37. The lowest BCUT2D eigenvalue weighted by Crippen LogP contribution is -2.40. The van der Waals surface area contributed by atoms with E-state index in [0.29, 0.717) is 28.9 Å². The number of imide groups is 1. The number of carbonyl (C=O) groups excluding carboxylic acids is 2. The number of furan rings is 1. The summed E-state index contributed by atoms with van der Waals surface area (Å²) in [5.74, 6) is 0.992. The molecular formula is C22H16ClN3O5. The van der Waals surface area contributed by atoms with Crippen molar-refractivity contribution in [2.75, 3.05) is 0 Å². The minimum absolute atomic E-state index is 0.0377. The van der Waals surface area contributed by atoms with Crippen molar-refractivity contribution >= 4 is 35.3 Å². The predicted molar refractivity (Wildman–Crippen MR) is 110 cm³/mol. The molecule has 8 nitrogen and oxygen atoms in total. The van der Waals surface area contributed by atoms with Gasteiger partial charge in [0.1, 0.15) is 16.5 Å². The van der Waals surface area contributed by atoms with E-state index >= 15 is 0 Å². The summed E-state index contributed by atoms with van der Waals surface area (Å²) in [7, 11) is 0. The number of hydrogen-bond donors (Lipinski definition) is 0. The number of nitro groups is 1. The number of nitro benzene ring substituents is 1. The fourth-order valence-electron chi connectivity index (χ4n) is 5.55. The fraction of sp³-hybridized carbons (Fsp3) is 0.318. The van der Waals surface area contributed by atoms with E-state index in [-0.39, 0.29) is 46.2 Å². The molecule has 2 heterocycles. The van der Waals surface area contributed by atoms with Crippen molar-refractivity contribution in [2.45, 2.75) is 6.42 Å². The Morgan fingerprint density at radius 1 is 1.10 bits per heavy atom. The number of halogens is 1. The summed E-state index contributed by atoms with van der Waals surface area (Å²) in [6, 6.07) is 7.63. The number of carbonyl (C=O) groups is 2. The van der Waals surface area contributed by atoms with E-state index in [9.17, 15) is 19.7 Å². The van der Waals surface area contributed by atoms with Crippen LogP contribution in [0.3, 0.4) is 0 Å². The summed E-state index contributed by atoms with van der Waals surface area (Å²) < 4.78 is 5.70. The van der Waals surface area contributed by atoms with Crippen LogP contribution in [0.2, 0.25) is 5.02 Å². The molecule has 1 aliphatic heterocycles. The Kier molecular flexibility index (Phi) is 3.80. The highest BCUT2D eigenvalue weighted by Crippen LogP contribution is 2.65. The predicted octanol–water partition coefficient (Wildman–Crippen LogP) is 3.90. The zero-order valence-corrected chi connectivity index (χ0v) is 16.8. The summed E-state index contributed by atoms with van der Waals surface area (Å²) in [5, 5.41) is 16.3. The molecule has 0 N–H and O–H groups in total. The summed E-state index contributed by atoms with van der Waals surface area (Å²) in [4.78, 5) is 36.4. The van der Waals surface area contributed by atoms with Gasteiger partial charge in [0.05, 0.1) is 23.0 Å². The largest absolute Gasteiger partial charge is 0.455 e. The van der Waals surface area contributed by atoms with Crippen LogP contribution in [0.1, 0.15) is 12.2 Å². The van der Waals surface area contributed by atoms with Gasteiger partial charge in [0.2, 0.25) is 0 Å². The van der Waals surface area contributed by atoms with E-state index in [1.54, 1.807) is 18.2 Å². The second-order valence-electron chi connectivity index (χ2n) is 8.51. The first-order chi connectivity index (χ1) is 14.9. The summed E-state index contributed by atoms with van der Waals surface area (Å²) in [6.07, 6.45) is 6.67. The monoisotopic (exact) mass is 437 g/mol. The minimum Gasteiger partial charge on any atom is -0.455 e. The Balaban J connectivity index is 1.24. The lowest BCUT2D eigenvalue weighted by molar-refractivity contribution is -0.384. The van der Waals surface area contributed by atoms with Crippen LogP contribution in [0.4, 0.5) is 5.69 Å². The Labute approximate surface area is 181 Å². The highest BCUT2D eigenvalue weighted by atomic mass is 35.5. The highest BCUT2D eigenvalue weighted by Gasteiger charge is 2.67. The highest BCUT2D eigenvalue weighted by molar-refractivity contribution is 6.32. The number of rotatable bonds is 4. The van der Waals surface area contributed by atoms with Crippen molar-refractivity contribution < 1.29 is 18.9 Å². The molecule has 3 fully saturated rings. The number of benzene rings is 1. The molecule has 5 aliphatic rings. The summed E-state index contributed by atoms with van der Waals surface area (Å²) in [5.41, 5.74) is 0.264. The van der Waals surface area contributed by atoms with Crippen molar-refractivity contribution in [1.29, 1.82) is 0 Å². The smallest absolute Gasteiger partial charge is 0.288 e. The maximum absolute atomic E-state index is 12.9. The standard InChI is InChI=1S/C22H16ClN3O5/c23-16-5-1-10(7-17(16)26(29)30)18-6-2-11(31-18)9-24-25-21(27)19-12-3-4-13(15-8-14(12)15)20(19)22(25)28/h1-7,9,12-15,19-20H,8H2/b24-9-/t12-,13+,14-,15+,19-,20+. The van der Waals surface area contributed by atoms with Crippen molar-refractivity contribution in [3.8, 4) is 11.3 Å². The molecule has 31 heavy (non-hydrogen) atoms. The van der Waals surface area contributed by atoms with Crippen LogP contribution in [0.5, 0.6) is 0 Å². The van der Waals surface area contributed by atoms with E-state index in [0.717, 1.165) is 11.4 Å². The van der Waals surface area contributed by atoms with Gasteiger partial charge in [0.25, 0.3) is 17.5 Å². The van der Waals surface area contributed by atoms with Gasteiger partial charge in [-0.2, -0.15) is 10.1 Å². The molecule has 1 aromatic heterocycles. The molecule has 2 amide bonds. The Bertz CT molecular complexity index is 1180. The first kappa shape index (κ1) is 18.5. The fourth-order valence-corrected chi connectivity index (χ4v) is 5.74. The average molecular weight is 438 g/mol. The number of hydrogen-bond acceptors (Lipinski definition) is 6. The third kappa shape index (κ3) is 2.64. The maximum atomic E-state index is 12.9. The van der Waals surface area contributed by atoms with E-state index in [2.05, 4.69) is 17.3 Å². The molecule has 1 aromatic carbocycles. The molecular weight excluding hydrogens is 422 g/mol. The van der Waals surface area contributed by atoms with Crippen molar-refractivity contribution in [2.24, 2.45) is 40.6 Å². The first-order valence-corrected chi connectivity index (χ1v) is 10.5. The van der Waals surface area contributed by atoms with Crippen molar-refractivity contribution in [3.05, 3.63) is 63.4 Å². The number of hydrazone groups is 1. The van der Waals surface area contributed by atoms with Crippen molar-refractivity contribution in [3.63, 3.8) is 0 Å². The molecule has 0 unspecified atom stereocenters. The molecule has 0 spiro atoms. The summed E-state index contributed by atoms with van der Waals surface area (Å²) in [6.45, 7) is 0. The van der Waals surface area contributed by atoms with E-state index in [1.165, 1.54) is 18.3 Å². The number of nitrogens with zero attached hydrogens (tertiary/aromatic N) is 3. The van der Waals surface area contributed by atoms with Crippen LogP contribution >= 0.6 is 11.6 Å². The van der Waals surface area contributed by atoms with E-state index in [4.69, 9.17) is 16.0 Å². The first-order valence-electron chi connectivity index (χ1n) is 10.1. The van der Waals surface area contributed by atoms with Crippen LogP contribution in [0, 0.1) is 45.6 Å². The quantitative estimate of drug-likeness (QED) is 0.237. The molecule has 2 saturated carbocycles. The van der Waals surface area contributed by atoms with E-state index < -0.39 is 4.92 Å². The molecule has 0 radical (unpaired) electrons. The third-order valence-electron chi connectivity index (χ3n) is 6.99. The normalized spacial score (nSPS) is 32.6. The van der Waals surface area contributed by atoms with Gasteiger partial charge in [-0.25, -0.2) is 0 Å². The van der Waals surface area contributed by atoms with Gasteiger partial charge in [0, 0.05) is 11.6 Å². The van der Waals surface area contributed by atoms with E-state index in [1.807, 2.05) is 0 Å². The Morgan fingerprint density at radius 2 is 1.77 bits per heavy atom. The van der Waals surface area contributed by atoms with Gasteiger partial charge >= 0.3 is 0 Å². The minimum atomic E-state index is -0.562. The Hall–Kier alpha value is -3.26. The van der Waals surface area contributed by atoms with Gasteiger partial charge < -0.3 is 4.42 Å². The zero-order chi connectivity index (χ0) is 21.4. The second-order valence-corrected chi connectivity index (χ2v) is 8.92. The van der Waals surface area contributed by atoms with Gasteiger partial charge in [-0.3, -0.25) is 19.7 Å². The van der Waals surface area contributed by atoms with Crippen LogP contribution in [-0.2, 0) is 9.59 Å². The van der Waals surface area contributed by atoms with Gasteiger partial charge in [-0.1, -0.05) is 23.8 Å². The molecule has 1 saturated heterocycles. The van der Waals surface area contributed by atoms with Crippen LogP contribution in [0.15, 0.2) is 52.0 Å². The van der Waals surface area contributed by atoms with Crippen LogP contribution < -0.4 is 0 Å². The van der Waals surface area contributed by atoms with Crippen molar-refractivity contribution in [1.82, 2.24) is 5.01 Å². The van der Waals surface area contributed by atoms with Gasteiger partial charge in [-0.05, 0) is 54.4 Å². The van der Waals surface area contributed by atoms with Gasteiger partial charge in [-0.15, -0.1) is 0 Å². The SMILES string of the molecule is O=C1[C@@H]2[C@@H]3C=C[C@@H]([C@@H]4C[C@H]34)[C@@H]2C(=O)N1/N=C\c1ccc(-c2ccc(Cl)c([N+](=O)[O-])c2)o1. The van der Waals surface area contributed by atoms with Gasteiger partial charge in [0.15, 0.2) is 0 Å². The Morgan fingerprint density at radius 3 is 2.42 bits per heavy atom. The third-order valence-corrected chi connectivity index (χ3v) is 7.31. The topological polar surface area (TPSA) is 106 Å².